The molecule has 3 aliphatic rings. The number of anilines is 2. The van der Waals surface area contributed by atoms with E-state index in [1.807, 2.05) is 0 Å². The molecule has 2 aromatic heterocycles. The zero-order chi connectivity index (χ0) is 24.5. The fraction of sp³-hybridized carbons (Fsp3) is 0.571. The zero-order valence-corrected chi connectivity index (χ0v) is 19.8. The summed E-state index contributed by atoms with van der Waals surface area (Å²) in [5.74, 6) is 0.771. The van der Waals surface area contributed by atoms with E-state index in [0.29, 0.717) is 29.8 Å². The number of aromatic nitrogens is 3. The Hall–Kier alpha value is -3.13. The van der Waals surface area contributed by atoms with Gasteiger partial charge in [0.1, 0.15) is 6.17 Å². The van der Waals surface area contributed by atoms with Crippen LogP contribution in [0.4, 0.5) is 29.4 Å². The maximum absolute atomic E-state index is 14.8. The highest BCUT2D eigenvalue weighted by atomic mass is 32.1. The molecule has 0 spiro atoms. The summed E-state index contributed by atoms with van der Waals surface area (Å²) in [6, 6.07) is 0.625. The topological polar surface area (TPSA) is 125 Å². The number of urea groups is 1. The molecule has 0 aromatic carbocycles. The van der Waals surface area contributed by atoms with Gasteiger partial charge in [0, 0.05) is 51.0 Å². The van der Waals surface area contributed by atoms with Crippen LogP contribution in [0.1, 0.15) is 19.3 Å². The van der Waals surface area contributed by atoms with Gasteiger partial charge >= 0.3 is 12.1 Å². The largest absolute Gasteiger partial charge is 0.414 e. The number of ether oxygens (including phenoxy) is 1. The van der Waals surface area contributed by atoms with Gasteiger partial charge in [-0.25, -0.2) is 23.9 Å². The van der Waals surface area contributed by atoms with Crippen LogP contribution in [0.3, 0.4) is 0 Å². The fourth-order valence-corrected chi connectivity index (χ4v) is 5.46. The zero-order valence-electron chi connectivity index (χ0n) is 19.0. The van der Waals surface area contributed by atoms with E-state index in [-0.39, 0.29) is 36.0 Å². The number of likely N-dealkylation sites (N-methyl/N-ethyl adjacent to an activating group) is 1. The predicted molar refractivity (Wildman–Crippen MR) is 124 cm³/mol. The van der Waals surface area contributed by atoms with E-state index in [1.165, 1.54) is 24.2 Å². The molecule has 0 radical (unpaired) electrons. The molecule has 5 atom stereocenters. The molecule has 1 aliphatic carbocycles. The van der Waals surface area contributed by atoms with E-state index >= 15 is 0 Å². The average Bonchev–Trinajstić information content (AvgIpc) is 3.56. The third-order valence-corrected chi connectivity index (χ3v) is 7.47. The monoisotopic (exact) mass is 508 g/mol. The molecule has 1 saturated carbocycles. The lowest BCUT2D eigenvalue weighted by atomic mass is 10.0. The molecule has 14 heteroatoms. The molecule has 2 bridgehead atoms. The van der Waals surface area contributed by atoms with E-state index in [4.69, 9.17) is 4.74 Å². The predicted octanol–water partition coefficient (Wildman–Crippen LogP) is 1.99. The lowest BCUT2D eigenvalue weighted by Gasteiger charge is -2.39. The normalized spacial score (nSPS) is 27.5. The van der Waals surface area contributed by atoms with Crippen LogP contribution in [-0.2, 0) is 0 Å². The van der Waals surface area contributed by atoms with Crippen LogP contribution < -0.4 is 25.6 Å². The first-order valence-electron chi connectivity index (χ1n) is 11.4. The number of nitrogens with zero attached hydrogens (tertiary/aromatic N) is 5. The van der Waals surface area contributed by atoms with Crippen LogP contribution >= 0.6 is 11.3 Å². The van der Waals surface area contributed by atoms with Gasteiger partial charge < -0.3 is 25.2 Å². The number of nitrogens with one attached hydrogen (secondary N) is 3. The average molecular weight is 509 g/mol. The highest BCUT2D eigenvalue weighted by Crippen LogP contribution is 2.31. The van der Waals surface area contributed by atoms with E-state index in [0.717, 1.165) is 25.6 Å². The highest BCUT2D eigenvalue weighted by Gasteiger charge is 2.40. The molecular formula is C21H26F2N8O3S. The standard InChI is InChI=1S/C21H26F2N8O3S/c1-30(20(32)29-19-26-9-16(23)35-19)15-10-31(5-3-13(15)22)18-24-4-2-17(28-18)34-21(33)27-14-7-12-6-11(14)8-25-12/h2,4,9,11-15,25H,3,5-8,10H2,1H3,(H,27,33)(H,26,29,32)/t11-,12-,13+,14+,15-/m0/s1. The number of piperidine rings is 2. The molecule has 2 aromatic rings. The van der Waals surface area contributed by atoms with Crippen LogP contribution in [0.25, 0.3) is 0 Å². The van der Waals surface area contributed by atoms with Crippen molar-refractivity contribution in [3.63, 3.8) is 0 Å². The number of carbonyl (C=O) groups is 2. The summed E-state index contributed by atoms with van der Waals surface area (Å²) in [5, 5.41) is 8.35. The van der Waals surface area contributed by atoms with Gasteiger partial charge in [-0.05, 0) is 25.2 Å². The van der Waals surface area contributed by atoms with Gasteiger partial charge in [0.2, 0.25) is 11.8 Å². The lowest BCUT2D eigenvalue weighted by molar-refractivity contribution is 0.133. The van der Waals surface area contributed by atoms with Crippen molar-refractivity contribution >= 4 is 34.5 Å². The Balaban J connectivity index is 1.19. The van der Waals surface area contributed by atoms with Crippen molar-refractivity contribution in [2.45, 2.75) is 43.6 Å². The Morgan fingerprint density at radius 3 is 2.91 bits per heavy atom. The third-order valence-electron chi connectivity index (χ3n) is 6.77. The number of thiazole rings is 1. The quantitative estimate of drug-likeness (QED) is 0.560. The molecule has 2 saturated heterocycles. The summed E-state index contributed by atoms with van der Waals surface area (Å²) in [6.45, 7) is 1.36. The number of hydrogen-bond donors (Lipinski definition) is 3. The minimum atomic E-state index is -1.27. The number of amides is 3. The molecule has 3 N–H and O–H groups in total. The summed E-state index contributed by atoms with van der Waals surface area (Å²) in [6.07, 6.45) is 2.73. The summed E-state index contributed by atoms with van der Waals surface area (Å²) in [4.78, 5) is 40.2. The van der Waals surface area contributed by atoms with Gasteiger partial charge in [-0.1, -0.05) is 11.3 Å². The SMILES string of the molecule is CN(C(=O)Nc1ncc(F)s1)[C@H]1CN(c2nccc(OC(=O)N[C@@H]3C[C@@H]4C[C@H]3CN4)n2)CC[C@H]1F. The summed E-state index contributed by atoms with van der Waals surface area (Å²) < 4.78 is 33.3. The number of carbonyl (C=O) groups excluding carboxylic acids is 2. The maximum Gasteiger partial charge on any atom is 0.414 e. The second kappa shape index (κ2) is 9.85. The van der Waals surface area contributed by atoms with Crippen LogP contribution in [0.2, 0.25) is 0 Å². The first-order valence-corrected chi connectivity index (χ1v) is 12.3. The highest BCUT2D eigenvalue weighted by molar-refractivity contribution is 7.14. The molecule has 35 heavy (non-hydrogen) atoms. The first kappa shape index (κ1) is 23.6. The van der Waals surface area contributed by atoms with Crippen molar-refractivity contribution in [3.05, 3.63) is 23.6 Å². The minimum Gasteiger partial charge on any atom is -0.391 e. The number of rotatable bonds is 5. The van der Waals surface area contributed by atoms with Gasteiger partial charge in [-0.15, -0.1) is 0 Å². The third kappa shape index (κ3) is 5.27. The molecule has 2 aliphatic heterocycles. The minimum absolute atomic E-state index is 0.0851. The van der Waals surface area contributed by atoms with E-state index < -0.39 is 29.5 Å². The second-order valence-corrected chi connectivity index (χ2v) is 9.98. The van der Waals surface area contributed by atoms with Crippen molar-refractivity contribution in [1.29, 1.82) is 0 Å². The smallest absolute Gasteiger partial charge is 0.391 e. The molecule has 11 nitrogen and oxygen atoms in total. The van der Waals surface area contributed by atoms with Crippen LogP contribution in [0.5, 0.6) is 5.88 Å². The summed E-state index contributed by atoms with van der Waals surface area (Å²) in [5.41, 5.74) is 0. The Kier molecular flexibility index (Phi) is 6.65. The molecule has 4 heterocycles. The van der Waals surface area contributed by atoms with E-state index in [2.05, 4.69) is 30.9 Å². The molecular weight excluding hydrogens is 482 g/mol. The van der Waals surface area contributed by atoms with Gasteiger partial charge in [-0.2, -0.15) is 9.37 Å². The lowest BCUT2D eigenvalue weighted by Crippen LogP contribution is -2.55. The summed E-state index contributed by atoms with van der Waals surface area (Å²) in [7, 11) is 1.47. The van der Waals surface area contributed by atoms with Crippen molar-refractivity contribution < 1.29 is 23.1 Å². The fourth-order valence-electron chi connectivity index (χ4n) is 4.92. The Morgan fingerprint density at radius 2 is 2.20 bits per heavy atom. The second-order valence-electron chi connectivity index (χ2n) is 9.00. The van der Waals surface area contributed by atoms with Crippen molar-refractivity contribution in [2.24, 2.45) is 5.92 Å². The molecule has 3 amide bonds. The van der Waals surface area contributed by atoms with E-state index in [1.54, 1.807) is 4.90 Å². The Bertz CT molecular complexity index is 1090. The van der Waals surface area contributed by atoms with Crippen LogP contribution in [0.15, 0.2) is 18.5 Å². The number of halogens is 2. The first-order chi connectivity index (χ1) is 16.9. The number of hydrogen-bond acceptors (Lipinski definition) is 9. The van der Waals surface area contributed by atoms with Crippen molar-refractivity contribution in [2.75, 3.05) is 36.9 Å². The molecule has 188 valence electrons. The van der Waals surface area contributed by atoms with Crippen molar-refractivity contribution in [3.8, 4) is 5.88 Å². The van der Waals surface area contributed by atoms with Crippen molar-refractivity contribution in [1.82, 2.24) is 30.5 Å². The van der Waals surface area contributed by atoms with E-state index in [9.17, 15) is 18.4 Å². The maximum atomic E-state index is 14.8. The molecule has 0 unspecified atom stereocenters. The van der Waals surface area contributed by atoms with Gasteiger partial charge in [0.15, 0.2) is 10.3 Å². The van der Waals surface area contributed by atoms with Crippen LogP contribution in [0, 0.1) is 11.0 Å². The summed E-state index contributed by atoms with van der Waals surface area (Å²) >= 11 is 0.688. The van der Waals surface area contributed by atoms with Gasteiger partial charge in [0.05, 0.1) is 12.2 Å². The van der Waals surface area contributed by atoms with Gasteiger partial charge in [0.25, 0.3) is 0 Å². The van der Waals surface area contributed by atoms with Crippen LogP contribution in [-0.4, -0.2) is 83.0 Å². The number of alkyl halides is 1. The Morgan fingerprint density at radius 1 is 1.34 bits per heavy atom. The Labute approximate surface area is 204 Å². The molecule has 3 fully saturated rings. The number of fused-ring (bicyclic) bond motifs is 2. The van der Waals surface area contributed by atoms with Gasteiger partial charge in [-0.3, -0.25) is 5.32 Å². The molecule has 5 rings (SSSR count).